The van der Waals surface area contributed by atoms with Gasteiger partial charge in [-0.1, -0.05) is 90.0 Å². The Morgan fingerprint density at radius 2 is 0.361 bits per heavy atom. The van der Waals surface area contributed by atoms with Crippen molar-refractivity contribution in [3.8, 4) is 0 Å². The Morgan fingerprint density at radius 1 is 0.189 bits per heavy atom. The second-order valence-electron chi connectivity index (χ2n) is 32.0. The van der Waals surface area contributed by atoms with Crippen molar-refractivity contribution in [1.82, 2.24) is 58.8 Å². The lowest BCUT2D eigenvalue weighted by Gasteiger charge is -2.44. The van der Waals surface area contributed by atoms with Crippen molar-refractivity contribution in [3.63, 3.8) is 0 Å². The molecule has 0 aliphatic heterocycles. The van der Waals surface area contributed by atoms with Gasteiger partial charge < -0.3 is 188 Å². The fourth-order valence-electron chi connectivity index (χ4n) is 12.3. The molecule has 50 heteroatoms. The average molecular weight is 1750 g/mol. The average Bonchev–Trinajstić information content (AvgIpc) is 0.847. The zero-order valence-electron chi connectivity index (χ0n) is 70.3. The monoisotopic (exact) mass is 1750 g/mol. The number of aliphatic carboxylic acids is 19. The van der Waals surface area contributed by atoms with Crippen LogP contribution in [0.4, 0.5) is 0 Å². The predicted octanol–water partition coefficient (Wildman–Crippen LogP) is -29.5. The van der Waals surface area contributed by atoms with Crippen LogP contribution in [0.25, 0.3) is 0 Å². The predicted molar refractivity (Wildman–Crippen MR) is 372 cm³/mol. The molecule has 4 atom stereocenters. The summed E-state index contributed by atoms with van der Waals surface area (Å²) in [5.41, 5.74) is -3.12. The first-order valence-electron chi connectivity index (χ1n) is 37.2. The lowest BCUT2D eigenvalue weighted by molar-refractivity contribution is -0.320. The number of rotatable bonds is 63. The van der Waals surface area contributed by atoms with Crippen LogP contribution >= 0.6 is 0 Å². The summed E-state index contributed by atoms with van der Waals surface area (Å²) in [6.45, 7) is 8.85. The zero-order valence-corrected chi connectivity index (χ0v) is 70.3. The maximum absolute atomic E-state index is 11.8. The molecule has 4 unspecified atom stereocenters. The molecule has 122 heavy (non-hydrogen) atoms. The fraction of sp³-hybridized carbons (Fsp3) is 0.736. The normalized spacial score (nSPS) is 12.9. The van der Waals surface area contributed by atoms with Gasteiger partial charge in [-0.3, -0.25) is 58.8 Å². The van der Waals surface area contributed by atoms with Gasteiger partial charge in [-0.15, -0.1) is 0 Å². The van der Waals surface area contributed by atoms with Gasteiger partial charge in [0.1, 0.15) is 0 Å². The molecule has 0 saturated heterocycles. The number of hydrogen-bond acceptors (Lipinski definition) is 50. The molecule has 702 valence electrons. The summed E-state index contributed by atoms with van der Waals surface area (Å²) < 4.78 is 0. The van der Waals surface area contributed by atoms with Gasteiger partial charge in [0.05, 0.1) is 126 Å². The van der Waals surface area contributed by atoms with Crippen molar-refractivity contribution in [1.29, 1.82) is 0 Å². The number of likely N-dealkylation sites (N-methyl/N-ethyl adjacent to an activating group) is 1. The van der Waals surface area contributed by atoms with Gasteiger partial charge in [0.15, 0.2) is 0 Å². The van der Waals surface area contributed by atoms with Crippen molar-refractivity contribution in [2.45, 2.75) is 114 Å². The third-order valence-corrected chi connectivity index (χ3v) is 17.2. The van der Waals surface area contributed by atoms with Crippen LogP contribution in [-0.4, -0.2) is 406 Å². The molecule has 0 rings (SSSR count). The molecule has 0 aliphatic rings. The summed E-state index contributed by atoms with van der Waals surface area (Å²) in [6, 6.07) is -3.96. The van der Waals surface area contributed by atoms with Gasteiger partial charge in [-0.2, -0.15) is 0 Å². The van der Waals surface area contributed by atoms with Crippen LogP contribution < -0.4 is 97.0 Å². The van der Waals surface area contributed by atoms with Gasteiger partial charge in [0.25, 0.3) is 0 Å². The lowest BCUT2D eigenvalue weighted by Crippen LogP contribution is -2.59. The Bertz CT molecular complexity index is 3320. The van der Waals surface area contributed by atoms with E-state index in [0.717, 1.165) is 34.3 Å². The smallest absolute Gasteiger partial charge is 0.0592 e. The van der Waals surface area contributed by atoms with Crippen molar-refractivity contribution in [3.05, 3.63) is 0 Å². The van der Waals surface area contributed by atoms with Gasteiger partial charge in [-0.25, -0.2) is 0 Å². The van der Waals surface area contributed by atoms with Crippen molar-refractivity contribution >= 4 is 113 Å². The zero-order chi connectivity index (χ0) is 95.8. The molecule has 0 amide bonds. The van der Waals surface area contributed by atoms with E-state index in [2.05, 4.69) is 0 Å². The van der Waals surface area contributed by atoms with Crippen molar-refractivity contribution < 1.29 is 188 Å². The topological polar surface area (TPSA) is 801 Å². The molecule has 0 heterocycles. The summed E-state index contributed by atoms with van der Waals surface area (Å²) in [6.07, 6.45) is 0. The standard InChI is InChI=1S/3C18H31N3O10.C18H33N3O8/c1-18(2,3)12(6-20(9-15(26)27)10-16(28)29)21(11-17(30)31)5-4-19(7-13(22)23)8-14(24)25;1-18(2,3)12(21(10-16(28)29)11-17(30)31)6-19(7-13(22)23)4-5-20(8-14(24)25)9-15(26)27;1-18(2,3)16(17(30)31)21(11-15(28)29)7-6-19(8-12(22)23)4-5-20(9-13(24)25)10-14(26)27;1-5-19(10-13(22)23)6-8-21(16(17(28)29)18(2,3)4)9-7-20(11-14(24)25)12-15(26)27/h2*12H,4-11H2,1-3H3,(H,22,23)(H,24,25)(H,26,27)(H,28,29)(H,30,31);16H,4-11H2,1-3H3,(H,22,23)(H,24,25)(H,26,27)(H,28,29)(H,30,31);16H,5-12H2,1-4H3,(H,22,23)(H,24,25)(H,26,27)(H,28,29)/p-19. The molecule has 0 aliphatic carbocycles. The number of carboxylic acid groups (broad SMARTS) is 19. The maximum Gasteiger partial charge on any atom is 0.0592 e. The summed E-state index contributed by atoms with van der Waals surface area (Å²) in [5.74, 6) is -28.6. The highest BCUT2D eigenvalue weighted by atomic mass is 16.4. The van der Waals surface area contributed by atoms with Crippen LogP contribution in [0.15, 0.2) is 0 Å². The lowest BCUT2D eigenvalue weighted by atomic mass is 9.85. The molecular weight excluding hydrogens is 1640 g/mol. The molecular formula is C72H107N12O38-19. The number of nitrogens with zero attached hydrogens (tertiary/aromatic N) is 12. The van der Waals surface area contributed by atoms with E-state index in [-0.39, 0.29) is 98.2 Å². The molecule has 0 radical (unpaired) electrons. The van der Waals surface area contributed by atoms with Gasteiger partial charge in [0.2, 0.25) is 0 Å². The van der Waals surface area contributed by atoms with E-state index >= 15 is 0 Å². The molecule has 50 nitrogen and oxygen atoms in total. The first-order chi connectivity index (χ1) is 55.6. The van der Waals surface area contributed by atoms with Crippen molar-refractivity contribution in [2.75, 3.05) is 209 Å². The molecule has 0 aromatic heterocycles. The fourth-order valence-corrected chi connectivity index (χ4v) is 12.3. The second-order valence-corrected chi connectivity index (χ2v) is 32.0. The Labute approximate surface area is 703 Å². The highest BCUT2D eigenvalue weighted by molar-refractivity contribution is 5.76. The molecule has 0 fully saturated rings. The van der Waals surface area contributed by atoms with Crippen molar-refractivity contribution in [2.24, 2.45) is 21.7 Å². The van der Waals surface area contributed by atoms with E-state index < -0.39 is 264 Å². The third-order valence-electron chi connectivity index (χ3n) is 17.2. The van der Waals surface area contributed by atoms with E-state index in [4.69, 9.17) is 0 Å². The minimum absolute atomic E-state index is 0.0132. The van der Waals surface area contributed by atoms with Crippen LogP contribution in [0.3, 0.4) is 0 Å². The molecule has 0 spiro atoms. The Morgan fingerprint density at radius 3 is 0.623 bits per heavy atom. The first-order valence-corrected chi connectivity index (χ1v) is 37.2. The van der Waals surface area contributed by atoms with E-state index in [1.807, 2.05) is 0 Å². The third kappa shape index (κ3) is 60.8. The summed E-state index contributed by atoms with van der Waals surface area (Å²) >= 11 is 0. The minimum atomic E-state index is -1.55. The highest BCUT2D eigenvalue weighted by Gasteiger charge is 2.37. The van der Waals surface area contributed by atoms with Crippen LogP contribution in [0.1, 0.15) is 90.0 Å². The molecule has 0 saturated carbocycles. The molecule has 0 aromatic rings. The number of hydrogen-bond donors (Lipinski definition) is 0. The second kappa shape index (κ2) is 58.5. The Kier molecular flexibility index (Phi) is 56.4. The summed E-state index contributed by atoms with van der Waals surface area (Å²) in [5, 5.41) is 209. The highest BCUT2D eigenvalue weighted by Crippen LogP contribution is 2.29. The SMILES string of the molecule is CC(C)(C)C(C(=O)[O-])N(CCN(CCN(CC(=O)[O-])CC(=O)[O-])CC(=O)[O-])CC(=O)[O-].CC(C)(C)C(CN(CC(=O)[O-])CC(=O)[O-])N(CCN(CC(=O)[O-])CC(=O)[O-])CC(=O)[O-].CC(C)(C)C(CN(CCN(CC(=O)[O-])CC(=O)[O-])CC(=O)[O-])N(CC(=O)[O-])CC(=O)[O-].CCN(CCN(CCN(CC(=O)[O-])CC(=O)[O-])C(C(=O)[O-])C(C)(C)C)CC(=O)[O-]. The van der Waals surface area contributed by atoms with Gasteiger partial charge in [0, 0.05) is 215 Å². The maximum atomic E-state index is 11.8. The number of carboxylic acids is 19. The Balaban J connectivity index is -0.000000761. The van der Waals surface area contributed by atoms with Crippen LogP contribution in [0, 0.1) is 21.7 Å². The minimum Gasteiger partial charge on any atom is -0.549 e. The number of carbonyl (C=O) groups excluding carboxylic acids is 19. The molecule has 0 N–H and O–H groups in total. The van der Waals surface area contributed by atoms with Crippen LogP contribution in [0.2, 0.25) is 0 Å². The Hall–Kier alpha value is -10.5. The molecule has 0 aromatic carbocycles. The first kappa shape index (κ1) is 118. The largest absolute Gasteiger partial charge is 0.549 e. The quantitative estimate of drug-likeness (QED) is 0.0546. The summed E-state index contributed by atoms with van der Waals surface area (Å²) in [4.78, 5) is 223. The van der Waals surface area contributed by atoms with Crippen LogP contribution in [0.5, 0.6) is 0 Å². The molecule has 0 bridgehead atoms. The van der Waals surface area contributed by atoms with Gasteiger partial charge >= 0.3 is 0 Å². The van der Waals surface area contributed by atoms with E-state index in [9.17, 15) is 188 Å². The van der Waals surface area contributed by atoms with E-state index in [1.165, 1.54) is 19.6 Å². The van der Waals surface area contributed by atoms with Gasteiger partial charge in [-0.05, 0) is 28.2 Å². The number of carbonyl (C=O) groups is 19. The van der Waals surface area contributed by atoms with Crippen LogP contribution in [-0.2, 0) is 91.1 Å². The van der Waals surface area contributed by atoms with E-state index in [0.29, 0.717) is 6.54 Å². The van der Waals surface area contributed by atoms with E-state index in [1.54, 1.807) is 94.9 Å². The summed E-state index contributed by atoms with van der Waals surface area (Å²) in [7, 11) is 0.